The fourth-order valence-corrected chi connectivity index (χ4v) is 3.36. The summed E-state index contributed by atoms with van der Waals surface area (Å²) in [5.41, 5.74) is 0.706. The van der Waals surface area contributed by atoms with Crippen LogP contribution in [0.1, 0.15) is 40.2 Å². The van der Waals surface area contributed by atoms with E-state index in [0.29, 0.717) is 26.2 Å². The Kier molecular flexibility index (Phi) is 6.01. The first kappa shape index (κ1) is 20.3. The highest BCUT2D eigenvalue weighted by atomic mass is 16.6. The van der Waals surface area contributed by atoms with Crippen LogP contribution < -0.4 is 10.1 Å². The van der Waals surface area contributed by atoms with Crippen molar-refractivity contribution in [1.82, 2.24) is 15.1 Å². The summed E-state index contributed by atoms with van der Waals surface area (Å²) < 4.78 is 11.2. The minimum absolute atomic E-state index is 0.174. The number of fused-ring (bicyclic) bond motifs is 1. The van der Waals surface area contributed by atoms with Crippen LogP contribution >= 0.6 is 0 Å². The molecule has 2 aliphatic heterocycles. The van der Waals surface area contributed by atoms with Crippen LogP contribution in [0.15, 0.2) is 29.3 Å². The van der Waals surface area contributed by atoms with E-state index in [-0.39, 0.29) is 18.2 Å². The zero-order valence-corrected chi connectivity index (χ0v) is 17.6. The van der Waals surface area contributed by atoms with Gasteiger partial charge >= 0.3 is 6.09 Å². The van der Waals surface area contributed by atoms with Gasteiger partial charge in [-0.3, -0.25) is 4.99 Å². The molecule has 0 bridgehead atoms. The van der Waals surface area contributed by atoms with Crippen LogP contribution in [-0.4, -0.2) is 65.8 Å². The molecular weight excluding hydrogens is 356 g/mol. The van der Waals surface area contributed by atoms with Crippen LogP contribution in [-0.2, 0) is 11.3 Å². The molecule has 28 heavy (non-hydrogen) atoms. The molecule has 1 fully saturated rings. The predicted molar refractivity (Wildman–Crippen MR) is 110 cm³/mol. The lowest BCUT2D eigenvalue weighted by atomic mass is 10.2. The molecule has 0 saturated carbocycles. The van der Waals surface area contributed by atoms with E-state index in [1.165, 1.54) is 5.56 Å². The van der Waals surface area contributed by atoms with Gasteiger partial charge in [0.15, 0.2) is 5.96 Å². The number of carbonyl (C=O) groups is 1. The normalized spacial score (nSPS) is 19.4. The van der Waals surface area contributed by atoms with Gasteiger partial charge in [0, 0.05) is 26.2 Å². The number of piperazine rings is 1. The molecule has 7 heteroatoms. The number of rotatable bonds is 4. The van der Waals surface area contributed by atoms with E-state index >= 15 is 0 Å². The fraction of sp³-hybridized carbons (Fsp3) is 0.619. The van der Waals surface area contributed by atoms with Crippen molar-refractivity contribution < 1.29 is 14.3 Å². The van der Waals surface area contributed by atoms with Crippen molar-refractivity contribution in [2.24, 2.45) is 4.99 Å². The summed E-state index contributed by atoms with van der Waals surface area (Å²) in [6.07, 6.45) is -0.0645. The van der Waals surface area contributed by atoms with E-state index in [9.17, 15) is 4.79 Å². The maximum atomic E-state index is 12.3. The SMILES string of the molecule is CC(C)Oc1ccc(CNC2=NCC3CN(C(=O)OC(C)(C)C)CCN23)cc1. The standard InChI is InChI=1S/C21H32N4O3/c1-15(2)27-18-8-6-16(7-9-18)12-22-19-23-13-17-14-24(10-11-25(17)19)20(26)28-21(3,4)5/h6-9,15,17H,10-14H2,1-5H3,(H,22,23). The van der Waals surface area contributed by atoms with E-state index < -0.39 is 5.60 Å². The van der Waals surface area contributed by atoms with Gasteiger partial charge in [-0.05, 0) is 52.3 Å². The monoisotopic (exact) mass is 388 g/mol. The van der Waals surface area contributed by atoms with Crippen molar-refractivity contribution in [2.75, 3.05) is 26.2 Å². The summed E-state index contributed by atoms with van der Waals surface area (Å²) in [6, 6.07) is 8.34. The second-order valence-electron chi connectivity index (χ2n) is 8.60. The molecule has 0 radical (unpaired) electrons. The summed E-state index contributed by atoms with van der Waals surface area (Å²) in [7, 11) is 0. The lowest BCUT2D eigenvalue weighted by molar-refractivity contribution is 0.0137. The third-order valence-corrected chi connectivity index (χ3v) is 4.60. The maximum Gasteiger partial charge on any atom is 0.410 e. The van der Waals surface area contributed by atoms with E-state index in [1.807, 2.05) is 46.8 Å². The Hall–Kier alpha value is -2.44. The van der Waals surface area contributed by atoms with Gasteiger partial charge in [-0.25, -0.2) is 4.79 Å². The Morgan fingerprint density at radius 2 is 1.96 bits per heavy atom. The largest absolute Gasteiger partial charge is 0.491 e. The Balaban J connectivity index is 1.49. The summed E-state index contributed by atoms with van der Waals surface area (Å²) >= 11 is 0. The topological polar surface area (TPSA) is 66.4 Å². The lowest BCUT2D eigenvalue weighted by Crippen LogP contribution is -2.57. The van der Waals surface area contributed by atoms with Crippen molar-refractivity contribution in [1.29, 1.82) is 0 Å². The third kappa shape index (κ3) is 5.30. The van der Waals surface area contributed by atoms with E-state index in [0.717, 1.165) is 18.3 Å². The first-order valence-electron chi connectivity index (χ1n) is 10.00. The molecule has 154 valence electrons. The lowest BCUT2D eigenvalue weighted by Gasteiger charge is -2.39. The van der Waals surface area contributed by atoms with Gasteiger partial charge in [0.1, 0.15) is 11.4 Å². The Morgan fingerprint density at radius 1 is 1.25 bits per heavy atom. The number of guanidine groups is 1. The molecule has 0 aliphatic carbocycles. The number of carbonyl (C=O) groups excluding carboxylic acids is 1. The van der Waals surface area contributed by atoms with Crippen molar-refractivity contribution in [3.05, 3.63) is 29.8 Å². The second kappa shape index (κ2) is 8.29. The van der Waals surface area contributed by atoms with Crippen molar-refractivity contribution in [3.8, 4) is 5.75 Å². The summed E-state index contributed by atoms with van der Waals surface area (Å²) in [5, 5.41) is 3.44. The Labute approximate surface area is 167 Å². The number of ether oxygens (including phenoxy) is 2. The van der Waals surface area contributed by atoms with Gasteiger partial charge in [0.2, 0.25) is 0 Å². The van der Waals surface area contributed by atoms with E-state index in [4.69, 9.17) is 9.47 Å². The molecule has 2 aliphatic rings. The van der Waals surface area contributed by atoms with Crippen LogP contribution in [0.4, 0.5) is 4.79 Å². The van der Waals surface area contributed by atoms with Crippen LogP contribution in [0.3, 0.4) is 0 Å². The third-order valence-electron chi connectivity index (χ3n) is 4.60. The van der Waals surface area contributed by atoms with Gasteiger partial charge in [0.25, 0.3) is 0 Å². The molecule has 7 nitrogen and oxygen atoms in total. The molecular formula is C21H32N4O3. The highest BCUT2D eigenvalue weighted by Gasteiger charge is 2.36. The molecule has 0 spiro atoms. The number of aliphatic imine (C=N–C) groups is 1. The molecule has 1 aromatic rings. The number of hydrogen-bond acceptors (Lipinski definition) is 6. The van der Waals surface area contributed by atoms with E-state index in [1.54, 1.807) is 4.90 Å². The maximum absolute atomic E-state index is 12.3. The Morgan fingerprint density at radius 3 is 2.61 bits per heavy atom. The molecule has 1 amide bonds. The number of amides is 1. The average molecular weight is 389 g/mol. The van der Waals surface area contributed by atoms with Crippen LogP contribution in [0.2, 0.25) is 0 Å². The number of hydrogen-bond donors (Lipinski definition) is 1. The van der Waals surface area contributed by atoms with Gasteiger partial charge in [-0.2, -0.15) is 0 Å². The van der Waals surface area contributed by atoms with E-state index in [2.05, 4.69) is 27.3 Å². The summed E-state index contributed by atoms with van der Waals surface area (Å²) in [6.45, 7) is 13.2. The molecule has 1 unspecified atom stereocenters. The molecule has 0 aromatic heterocycles. The van der Waals surface area contributed by atoms with Crippen molar-refractivity contribution >= 4 is 12.1 Å². The summed E-state index contributed by atoms with van der Waals surface area (Å²) in [4.78, 5) is 21.0. The van der Waals surface area contributed by atoms with Gasteiger partial charge < -0.3 is 24.6 Å². The van der Waals surface area contributed by atoms with Crippen molar-refractivity contribution in [2.45, 2.75) is 58.9 Å². The highest BCUT2D eigenvalue weighted by Crippen LogP contribution is 2.19. The van der Waals surface area contributed by atoms with Crippen molar-refractivity contribution in [3.63, 3.8) is 0 Å². The fourth-order valence-electron chi connectivity index (χ4n) is 3.36. The van der Waals surface area contributed by atoms with Gasteiger partial charge in [-0.15, -0.1) is 0 Å². The molecule has 1 saturated heterocycles. The molecule has 1 atom stereocenters. The molecule has 1 N–H and O–H groups in total. The minimum atomic E-state index is -0.469. The van der Waals surface area contributed by atoms with Crippen LogP contribution in [0.5, 0.6) is 5.75 Å². The van der Waals surface area contributed by atoms with Gasteiger partial charge in [0.05, 0.1) is 18.7 Å². The van der Waals surface area contributed by atoms with Crippen LogP contribution in [0, 0.1) is 0 Å². The second-order valence-corrected chi connectivity index (χ2v) is 8.60. The zero-order valence-electron chi connectivity index (χ0n) is 17.6. The summed E-state index contributed by atoms with van der Waals surface area (Å²) in [5.74, 6) is 1.80. The highest BCUT2D eigenvalue weighted by molar-refractivity contribution is 5.82. The smallest absolute Gasteiger partial charge is 0.410 e. The number of nitrogens with zero attached hydrogens (tertiary/aromatic N) is 3. The Bertz CT molecular complexity index is 709. The molecule has 2 heterocycles. The quantitative estimate of drug-likeness (QED) is 0.859. The van der Waals surface area contributed by atoms with Gasteiger partial charge in [-0.1, -0.05) is 12.1 Å². The average Bonchev–Trinajstić information content (AvgIpc) is 3.01. The molecule has 1 aromatic carbocycles. The first-order chi connectivity index (χ1) is 13.2. The number of nitrogens with one attached hydrogen (secondary N) is 1. The molecule has 3 rings (SSSR count). The zero-order chi connectivity index (χ0) is 20.3. The number of benzene rings is 1. The minimum Gasteiger partial charge on any atom is -0.491 e. The van der Waals surface area contributed by atoms with Crippen LogP contribution in [0.25, 0.3) is 0 Å². The first-order valence-corrected chi connectivity index (χ1v) is 10.00. The predicted octanol–water partition coefficient (Wildman–Crippen LogP) is 2.85.